The summed E-state index contributed by atoms with van der Waals surface area (Å²) in [5.41, 5.74) is 4.73. The summed E-state index contributed by atoms with van der Waals surface area (Å²) in [5, 5.41) is 5.70. The van der Waals surface area contributed by atoms with Crippen molar-refractivity contribution in [2.45, 2.75) is 38.6 Å². The van der Waals surface area contributed by atoms with E-state index in [1.54, 1.807) is 17.8 Å². The summed E-state index contributed by atoms with van der Waals surface area (Å²) in [5.74, 6) is -0.360. The largest absolute Gasteiger partial charge is 0.341 e. The molecular weight excluding hydrogens is 612 g/mol. The van der Waals surface area contributed by atoms with Crippen LogP contribution in [0.5, 0.6) is 0 Å². The van der Waals surface area contributed by atoms with Crippen LogP contribution < -0.4 is 0 Å². The van der Waals surface area contributed by atoms with Gasteiger partial charge in [-0.05, 0) is 80.1 Å². The lowest BCUT2D eigenvalue weighted by Gasteiger charge is -2.07. The average molecular weight is 642 g/mol. The van der Waals surface area contributed by atoms with E-state index < -0.39 is 5.97 Å². The Kier molecular flexibility index (Phi) is 9.04. The smallest absolute Gasteiger partial charge is 0.331 e. The number of thioether (sulfide) groups is 1. The molecule has 0 saturated heterocycles. The van der Waals surface area contributed by atoms with Gasteiger partial charge in [0.05, 0.1) is 0 Å². The molecule has 0 radical (unpaired) electrons. The number of rotatable bonds is 10. The summed E-state index contributed by atoms with van der Waals surface area (Å²) >= 11 is 5.03. The zero-order valence-corrected chi connectivity index (χ0v) is 25.9. The molecule has 1 heterocycles. The normalized spacial score (nSPS) is 11.7. The highest BCUT2D eigenvalue weighted by atomic mass is 79.9. The van der Waals surface area contributed by atoms with Gasteiger partial charge in [0.2, 0.25) is 5.78 Å². The number of carbonyl (C=O) groups excluding carboxylic acids is 3. The van der Waals surface area contributed by atoms with Crippen molar-refractivity contribution >= 4 is 72.7 Å². The van der Waals surface area contributed by atoms with Crippen LogP contribution in [-0.4, -0.2) is 33.6 Å². The van der Waals surface area contributed by atoms with Gasteiger partial charge in [0.25, 0.3) is 0 Å². The number of aromatic nitrogens is 1. The Morgan fingerprint density at radius 1 is 0.881 bits per heavy atom. The number of ketones is 2. The fourth-order valence-electron chi connectivity index (χ4n) is 4.99. The summed E-state index contributed by atoms with van der Waals surface area (Å²) in [4.78, 5) is 44.6. The molecule has 212 valence electrons. The number of aryl methyl sites for hydroxylation is 2. The molecule has 0 spiro atoms. The van der Waals surface area contributed by atoms with E-state index in [0.29, 0.717) is 28.9 Å². The maximum atomic E-state index is 13.7. The molecule has 0 N–H and O–H groups in total. The number of nitrogens with zero attached hydrogens (tertiary/aromatic N) is 2. The fourth-order valence-corrected chi connectivity index (χ4v) is 6.12. The number of hydrogen-bond acceptors (Lipinski definition) is 6. The van der Waals surface area contributed by atoms with Crippen LogP contribution in [-0.2, 0) is 16.2 Å². The van der Waals surface area contributed by atoms with Crippen LogP contribution in [0.25, 0.3) is 21.8 Å². The van der Waals surface area contributed by atoms with E-state index in [0.717, 1.165) is 43.3 Å². The maximum absolute atomic E-state index is 13.7. The molecule has 0 aliphatic carbocycles. The van der Waals surface area contributed by atoms with Gasteiger partial charge in [0.15, 0.2) is 5.78 Å². The second-order valence-corrected chi connectivity index (χ2v) is 11.9. The van der Waals surface area contributed by atoms with Crippen LogP contribution in [0.4, 0.5) is 0 Å². The van der Waals surface area contributed by atoms with Gasteiger partial charge in [0, 0.05) is 73.5 Å². The van der Waals surface area contributed by atoms with Gasteiger partial charge in [-0.3, -0.25) is 9.59 Å². The van der Waals surface area contributed by atoms with Crippen LogP contribution in [0.3, 0.4) is 0 Å². The van der Waals surface area contributed by atoms with E-state index in [1.807, 2.05) is 85.8 Å². The van der Waals surface area contributed by atoms with E-state index in [4.69, 9.17) is 4.84 Å². The van der Waals surface area contributed by atoms with Crippen LogP contribution in [0.2, 0.25) is 0 Å². The van der Waals surface area contributed by atoms with E-state index in [-0.39, 0.29) is 17.3 Å². The van der Waals surface area contributed by atoms with Crippen LogP contribution in [0, 0.1) is 6.92 Å². The van der Waals surface area contributed by atoms with E-state index in [1.165, 1.54) is 6.92 Å². The molecule has 5 rings (SSSR count). The lowest BCUT2D eigenvalue weighted by molar-refractivity contribution is -0.140. The van der Waals surface area contributed by atoms with Crippen molar-refractivity contribution in [2.24, 2.45) is 5.16 Å². The topological polar surface area (TPSA) is 77.7 Å². The van der Waals surface area contributed by atoms with Crippen LogP contribution in [0.15, 0.2) is 99.5 Å². The molecule has 0 fully saturated rings. The lowest BCUT2D eigenvalue weighted by Crippen LogP contribution is -2.16. The Hall–Kier alpha value is -4.01. The Balaban J connectivity index is 1.50. The molecule has 6 nitrogen and oxygen atoms in total. The molecule has 0 aliphatic rings. The minimum atomic E-state index is -0.590. The zero-order valence-electron chi connectivity index (χ0n) is 23.5. The first-order chi connectivity index (χ1) is 20.3. The summed E-state index contributed by atoms with van der Waals surface area (Å²) in [6.45, 7) is 5.98. The molecule has 5 aromatic rings. The Labute approximate surface area is 256 Å². The number of hydrogen-bond donors (Lipinski definition) is 0. The van der Waals surface area contributed by atoms with Crippen molar-refractivity contribution < 1.29 is 19.2 Å². The summed E-state index contributed by atoms with van der Waals surface area (Å²) in [6, 6.07) is 26.8. The highest BCUT2D eigenvalue weighted by Gasteiger charge is 2.20. The van der Waals surface area contributed by atoms with Crippen molar-refractivity contribution in [1.29, 1.82) is 0 Å². The monoisotopic (exact) mass is 640 g/mol. The molecule has 0 saturated carbocycles. The predicted molar refractivity (Wildman–Crippen MR) is 173 cm³/mol. The fraction of sp³-hybridized carbons (Fsp3) is 0.176. The van der Waals surface area contributed by atoms with Crippen molar-refractivity contribution in [2.75, 3.05) is 5.75 Å². The maximum Gasteiger partial charge on any atom is 0.331 e. The Bertz CT molecular complexity index is 1860. The van der Waals surface area contributed by atoms with Gasteiger partial charge in [-0.15, -0.1) is 11.8 Å². The third-order valence-electron chi connectivity index (χ3n) is 7.06. The molecule has 42 heavy (non-hydrogen) atoms. The van der Waals surface area contributed by atoms with Crippen molar-refractivity contribution in [1.82, 2.24) is 4.57 Å². The van der Waals surface area contributed by atoms with E-state index in [2.05, 4.69) is 32.6 Å². The van der Waals surface area contributed by atoms with Gasteiger partial charge >= 0.3 is 5.97 Å². The molecular formula is C34H29BrN2O4S. The predicted octanol–water partition coefficient (Wildman–Crippen LogP) is 8.40. The third kappa shape index (κ3) is 6.25. The molecule has 0 amide bonds. The van der Waals surface area contributed by atoms with E-state index in [9.17, 15) is 14.4 Å². The molecule has 1 aromatic heterocycles. The summed E-state index contributed by atoms with van der Waals surface area (Å²) < 4.78 is 3.16. The molecule has 8 heteroatoms. The van der Waals surface area contributed by atoms with Crippen molar-refractivity contribution in [3.63, 3.8) is 0 Å². The number of halogens is 1. The van der Waals surface area contributed by atoms with Gasteiger partial charge in [-0.2, -0.15) is 0 Å². The molecule has 0 bridgehead atoms. The quantitative estimate of drug-likeness (QED) is 0.0503. The minimum absolute atomic E-state index is 0.0429. The first-order valence-corrected chi connectivity index (χ1v) is 15.4. The zero-order chi connectivity index (χ0) is 29.8. The standard InChI is InChI=1S/C34H29BrN2O4S/c1-4-37-31-15-9-23(33(39)27-8-6-5-7-21(27)2)19-28(31)29-20-24(10-16-32(29)37)34(40)30(36-41-22(3)38)17-18-42-26-13-11-25(35)12-14-26/h5-16,19-20H,4,17-18H2,1-3H3/b36-30+. The second kappa shape index (κ2) is 12.9. The van der Waals surface area contributed by atoms with Crippen molar-refractivity contribution in [3.05, 3.63) is 112 Å². The second-order valence-electron chi connectivity index (χ2n) is 9.85. The Morgan fingerprint density at radius 2 is 1.52 bits per heavy atom. The molecule has 0 atom stereocenters. The number of Topliss-reactive ketones (excluding diaryl/α,β-unsaturated/α-hetero) is 1. The number of fused-ring (bicyclic) bond motifs is 3. The first kappa shape index (κ1) is 29.5. The SMILES string of the molecule is CCn1c2ccc(C(=O)/C(CCSc3ccc(Br)cc3)=N/OC(C)=O)cc2c2cc(C(=O)c3ccccc3C)ccc21. The van der Waals surface area contributed by atoms with Gasteiger partial charge in [0.1, 0.15) is 5.71 Å². The highest BCUT2D eigenvalue weighted by Crippen LogP contribution is 2.32. The van der Waals surface area contributed by atoms with Gasteiger partial charge in [-0.1, -0.05) is 45.4 Å². The third-order valence-corrected chi connectivity index (χ3v) is 8.61. The Morgan fingerprint density at radius 3 is 2.17 bits per heavy atom. The van der Waals surface area contributed by atoms with Crippen LogP contribution in [0.1, 0.15) is 52.1 Å². The molecule has 0 unspecified atom stereocenters. The highest BCUT2D eigenvalue weighted by molar-refractivity contribution is 9.10. The molecule has 4 aromatic carbocycles. The van der Waals surface area contributed by atoms with Crippen LogP contribution >= 0.6 is 27.7 Å². The molecule has 0 aliphatic heterocycles. The van der Waals surface area contributed by atoms with Crippen molar-refractivity contribution in [3.8, 4) is 0 Å². The van der Waals surface area contributed by atoms with Gasteiger partial charge in [-0.25, -0.2) is 4.79 Å². The first-order valence-electron chi connectivity index (χ1n) is 13.6. The average Bonchev–Trinajstić information content (AvgIpc) is 3.31. The minimum Gasteiger partial charge on any atom is -0.341 e. The van der Waals surface area contributed by atoms with E-state index >= 15 is 0 Å². The lowest BCUT2D eigenvalue weighted by atomic mass is 9.97. The number of oxime groups is 1. The number of carbonyl (C=O) groups is 3. The number of benzene rings is 4. The van der Waals surface area contributed by atoms with Gasteiger partial charge < -0.3 is 9.40 Å². The summed E-state index contributed by atoms with van der Waals surface area (Å²) in [6.07, 6.45) is 0.316. The summed E-state index contributed by atoms with van der Waals surface area (Å²) in [7, 11) is 0.